The molecule has 1 aromatic rings. The maximum atomic E-state index is 10.6. The van der Waals surface area contributed by atoms with Crippen LogP contribution in [-0.2, 0) is 11.2 Å². The number of benzene rings is 1. The molecule has 0 fully saturated rings. The predicted octanol–water partition coefficient (Wildman–Crippen LogP) is 1.65. The van der Waals surface area contributed by atoms with E-state index in [-0.39, 0.29) is 6.54 Å². The van der Waals surface area contributed by atoms with E-state index in [2.05, 4.69) is 0 Å². The third kappa shape index (κ3) is 1.62. The normalized spacial score (nSPS) is 13.9. The molecule has 1 aliphatic rings. The molecule has 1 aliphatic heterocycles. The molecule has 0 bridgehead atoms. The van der Waals surface area contributed by atoms with Crippen molar-refractivity contribution in [2.45, 2.75) is 6.42 Å². The van der Waals surface area contributed by atoms with Crippen LogP contribution in [0.5, 0.6) is 0 Å². The highest BCUT2D eigenvalue weighted by molar-refractivity contribution is 5.75. The molecular weight excluding hydrogens is 178 g/mol. The van der Waals surface area contributed by atoms with Crippen molar-refractivity contribution >= 4 is 11.7 Å². The largest absolute Gasteiger partial charge is 0.480 e. The van der Waals surface area contributed by atoms with Gasteiger partial charge in [0.15, 0.2) is 0 Å². The molecule has 0 saturated heterocycles. The summed E-state index contributed by atoms with van der Waals surface area (Å²) < 4.78 is 0. The maximum Gasteiger partial charge on any atom is 0.323 e. The summed E-state index contributed by atoms with van der Waals surface area (Å²) in [5.41, 5.74) is 2.17. The zero-order valence-electron chi connectivity index (χ0n) is 7.68. The molecule has 0 aromatic heterocycles. The summed E-state index contributed by atoms with van der Waals surface area (Å²) >= 11 is 0. The molecule has 0 radical (unpaired) electrons. The van der Waals surface area contributed by atoms with Crippen LogP contribution in [-0.4, -0.2) is 17.6 Å². The summed E-state index contributed by atoms with van der Waals surface area (Å²) in [5, 5.41) is 8.72. The van der Waals surface area contributed by atoms with Crippen molar-refractivity contribution in [3.05, 3.63) is 42.1 Å². The topological polar surface area (TPSA) is 40.5 Å². The Morgan fingerprint density at radius 2 is 2.21 bits per heavy atom. The predicted molar refractivity (Wildman–Crippen MR) is 54.3 cm³/mol. The van der Waals surface area contributed by atoms with Gasteiger partial charge in [0, 0.05) is 11.9 Å². The number of fused-ring (bicyclic) bond motifs is 1. The van der Waals surface area contributed by atoms with Gasteiger partial charge in [-0.15, -0.1) is 0 Å². The molecule has 14 heavy (non-hydrogen) atoms. The number of hydrogen-bond acceptors (Lipinski definition) is 2. The monoisotopic (exact) mass is 189 g/mol. The van der Waals surface area contributed by atoms with Crippen LogP contribution in [0.4, 0.5) is 5.69 Å². The van der Waals surface area contributed by atoms with Gasteiger partial charge in [-0.3, -0.25) is 4.79 Å². The molecule has 0 atom stereocenters. The van der Waals surface area contributed by atoms with Gasteiger partial charge in [-0.2, -0.15) is 0 Å². The molecule has 3 nitrogen and oxygen atoms in total. The second-order valence-electron chi connectivity index (χ2n) is 3.24. The summed E-state index contributed by atoms with van der Waals surface area (Å²) in [7, 11) is 0. The zero-order valence-corrected chi connectivity index (χ0v) is 7.68. The summed E-state index contributed by atoms with van der Waals surface area (Å²) in [4.78, 5) is 12.4. The van der Waals surface area contributed by atoms with E-state index in [1.54, 1.807) is 4.90 Å². The Bertz CT molecular complexity index is 385. The quantitative estimate of drug-likeness (QED) is 0.769. The molecule has 0 unspecified atom stereocenters. The van der Waals surface area contributed by atoms with Crippen molar-refractivity contribution in [1.82, 2.24) is 0 Å². The first-order valence-electron chi connectivity index (χ1n) is 4.50. The first-order valence-corrected chi connectivity index (χ1v) is 4.50. The summed E-state index contributed by atoms with van der Waals surface area (Å²) in [6.45, 7) is 0.0213. The first kappa shape index (κ1) is 8.81. The lowest BCUT2D eigenvalue weighted by Crippen LogP contribution is -2.26. The smallest absolute Gasteiger partial charge is 0.323 e. The van der Waals surface area contributed by atoms with Crippen LogP contribution in [0.25, 0.3) is 0 Å². The van der Waals surface area contributed by atoms with Gasteiger partial charge in [-0.05, 0) is 18.1 Å². The molecule has 1 aromatic carbocycles. The van der Waals surface area contributed by atoms with E-state index in [0.29, 0.717) is 0 Å². The fourth-order valence-electron chi connectivity index (χ4n) is 1.63. The highest BCUT2D eigenvalue weighted by Gasteiger charge is 2.13. The third-order valence-electron chi connectivity index (χ3n) is 2.23. The van der Waals surface area contributed by atoms with E-state index in [0.717, 1.165) is 12.1 Å². The Hall–Kier alpha value is -1.77. The van der Waals surface area contributed by atoms with Gasteiger partial charge in [0.05, 0.1) is 0 Å². The number of nitrogens with zero attached hydrogens (tertiary/aromatic N) is 1. The minimum Gasteiger partial charge on any atom is -0.480 e. The number of aliphatic carboxylic acids is 1. The van der Waals surface area contributed by atoms with Gasteiger partial charge >= 0.3 is 5.97 Å². The lowest BCUT2D eigenvalue weighted by molar-refractivity contribution is -0.135. The third-order valence-corrected chi connectivity index (χ3v) is 2.23. The fraction of sp³-hybridized carbons (Fsp3) is 0.182. The zero-order chi connectivity index (χ0) is 9.97. The van der Waals surface area contributed by atoms with Gasteiger partial charge in [0.25, 0.3) is 0 Å². The van der Waals surface area contributed by atoms with E-state index in [1.807, 2.05) is 36.5 Å². The van der Waals surface area contributed by atoms with Crippen LogP contribution < -0.4 is 4.90 Å². The van der Waals surface area contributed by atoms with Gasteiger partial charge in [0.2, 0.25) is 0 Å². The number of allylic oxidation sites excluding steroid dienone is 1. The Morgan fingerprint density at radius 1 is 1.43 bits per heavy atom. The number of para-hydroxylation sites is 1. The Labute approximate surface area is 82.3 Å². The number of carboxylic acid groups (broad SMARTS) is 1. The van der Waals surface area contributed by atoms with Crippen molar-refractivity contribution in [3.63, 3.8) is 0 Å². The van der Waals surface area contributed by atoms with Crippen LogP contribution in [0.15, 0.2) is 36.5 Å². The van der Waals surface area contributed by atoms with E-state index >= 15 is 0 Å². The van der Waals surface area contributed by atoms with Crippen LogP contribution in [0.1, 0.15) is 5.56 Å². The van der Waals surface area contributed by atoms with E-state index in [4.69, 9.17) is 5.11 Å². The van der Waals surface area contributed by atoms with Gasteiger partial charge in [-0.25, -0.2) is 0 Å². The minimum absolute atomic E-state index is 0.0213. The van der Waals surface area contributed by atoms with Crippen LogP contribution in [0.3, 0.4) is 0 Å². The highest BCUT2D eigenvalue weighted by atomic mass is 16.4. The fourth-order valence-corrected chi connectivity index (χ4v) is 1.63. The number of rotatable bonds is 2. The second-order valence-corrected chi connectivity index (χ2v) is 3.24. The molecule has 1 heterocycles. The van der Waals surface area contributed by atoms with Crippen molar-refractivity contribution in [2.75, 3.05) is 11.4 Å². The van der Waals surface area contributed by atoms with Crippen LogP contribution in [0, 0.1) is 0 Å². The second kappa shape index (κ2) is 3.54. The number of hydrogen-bond donors (Lipinski definition) is 1. The summed E-state index contributed by atoms with van der Waals surface area (Å²) in [5.74, 6) is -0.814. The molecule has 1 N–H and O–H groups in total. The number of anilines is 1. The number of carbonyl (C=O) groups is 1. The SMILES string of the molecule is O=C(O)CN1C=CCc2ccccc21. The Balaban J connectivity index is 2.31. The van der Waals surface area contributed by atoms with E-state index in [9.17, 15) is 4.79 Å². The molecule has 72 valence electrons. The first-order chi connectivity index (χ1) is 6.77. The molecule has 2 rings (SSSR count). The van der Waals surface area contributed by atoms with Gasteiger partial charge in [-0.1, -0.05) is 24.3 Å². The lowest BCUT2D eigenvalue weighted by atomic mass is 10.1. The van der Waals surface area contributed by atoms with Crippen molar-refractivity contribution in [3.8, 4) is 0 Å². The van der Waals surface area contributed by atoms with Crippen molar-refractivity contribution < 1.29 is 9.90 Å². The summed E-state index contributed by atoms with van der Waals surface area (Å²) in [6.07, 6.45) is 4.69. The van der Waals surface area contributed by atoms with E-state index in [1.165, 1.54) is 5.56 Å². The maximum absolute atomic E-state index is 10.6. The molecule has 0 saturated carbocycles. The average molecular weight is 189 g/mol. The van der Waals surface area contributed by atoms with Crippen molar-refractivity contribution in [2.24, 2.45) is 0 Å². The Morgan fingerprint density at radius 3 is 3.00 bits per heavy atom. The van der Waals surface area contributed by atoms with Crippen molar-refractivity contribution in [1.29, 1.82) is 0 Å². The average Bonchev–Trinajstić information content (AvgIpc) is 2.18. The molecular formula is C11H11NO2. The number of carboxylic acids is 1. The summed E-state index contributed by atoms with van der Waals surface area (Å²) in [6, 6.07) is 7.86. The molecule has 0 spiro atoms. The minimum atomic E-state index is -0.814. The molecule has 3 heteroatoms. The van der Waals surface area contributed by atoms with Gasteiger partial charge < -0.3 is 10.0 Å². The van der Waals surface area contributed by atoms with Crippen LogP contribution >= 0.6 is 0 Å². The Kier molecular flexibility index (Phi) is 2.23. The highest BCUT2D eigenvalue weighted by Crippen LogP contribution is 2.24. The van der Waals surface area contributed by atoms with E-state index < -0.39 is 5.97 Å². The van der Waals surface area contributed by atoms with Crippen LogP contribution in [0.2, 0.25) is 0 Å². The standard InChI is InChI=1S/C11H11NO2/c13-11(14)8-12-7-3-5-9-4-1-2-6-10(9)12/h1-4,6-7H,5,8H2,(H,13,14). The molecule has 0 amide bonds. The van der Waals surface area contributed by atoms with Gasteiger partial charge in [0.1, 0.15) is 6.54 Å². The molecule has 0 aliphatic carbocycles. The lowest BCUT2D eigenvalue weighted by Gasteiger charge is -2.24.